The van der Waals surface area contributed by atoms with Crippen LogP contribution in [0.1, 0.15) is 31.1 Å². The third kappa shape index (κ3) is 2.97. The molecule has 0 saturated carbocycles. The van der Waals surface area contributed by atoms with E-state index in [1.54, 1.807) is 13.8 Å². The van der Waals surface area contributed by atoms with Gasteiger partial charge in [0, 0.05) is 5.56 Å². The molecule has 1 N–H and O–H groups in total. The molecule has 1 aromatic rings. The number of nitrogens with zero attached hydrogens (tertiary/aromatic N) is 1. The van der Waals surface area contributed by atoms with Crippen molar-refractivity contribution >= 4 is 0 Å². The van der Waals surface area contributed by atoms with E-state index < -0.39 is 12.2 Å². The van der Waals surface area contributed by atoms with E-state index in [0.29, 0.717) is 11.3 Å². The summed E-state index contributed by atoms with van der Waals surface area (Å²) < 4.78 is 5.42. The van der Waals surface area contributed by atoms with E-state index in [1.807, 2.05) is 31.2 Å². The van der Waals surface area contributed by atoms with E-state index in [-0.39, 0.29) is 0 Å². The molecule has 1 unspecified atom stereocenters. The number of hydrogen-bond acceptors (Lipinski definition) is 3. The van der Waals surface area contributed by atoms with Crippen LogP contribution < -0.4 is 4.74 Å². The lowest BCUT2D eigenvalue weighted by Gasteiger charge is -2.15. The highest BCUT2D eigenvalue weighted by Crippen LogP contribution is 2.26. The van der Waals surface area contributed by atoms with E-state index in [9.17, 15) is 5.11 Å². The number of aliphatic hydroxyl groups excluding tert-OH is 1. The molecule has 0 aliphatic heterocycles. The van der Waals surface area contributed by atoms with E-state index in [2.05, 4.69) is 0 Å². The predicted molar refractivity (Wildman–Crippen MR) is 57.5 cm³/mol. The lowest BCUT2D eigenvalue weighted by molar-refractivity contribution is 0.187. The molecule has 1 aromatic carbocycles. The second-order valence-corrected chi connectivity index (χ2v) is 3.61. The van der Waals surface area contributed by atoms with Gasteiger partial charge in [0.15, 0.2) is 6.10 Å². The summed E-state index contributed by atoms with van der Waals surface area (Å²) >= 11 is 0. The minimum Gasteiger partial charge on any atom is -0.475 e. The first-order chi connectivity index (χ1) is 7.04. The number of nitriles is 1. The highest BCUT2D eigenvalue weighted by Gasteiger charge is 2.11. The molecular formula is C12H15NO2. The summed E-state index contributed by atoms with van der Waals surface area (Å²) in [5.41, 5.74) is 1.75. The zero-order valence-electron chi connectivity index (χ0n) is 9.19. The smallest absolute Gasteiger partial charge is 0.181 e. The highest BCUT2D eigenvalue weighted by atomic mass is 16.5. The maximum absolute atomic E-state index is 9.52. The predicted octanol–water partition coefficient (Wildman–Crippen LogP) is 2.34. The number of hydrogen-bond donors (Lipinski definition) is 1. The van der Waals surface area contributed by atoms with Crippen molar-refractivity contribution in [3.63, 3.8) is 0 Å². The number of benzene rings is 1. The molecule has 3 nitrogen and oxygen atoms in total. The van der Waals surface area contributed by atoms with E-state index >= 15 is 0 Å². The molecule has 1 rings (SSSR count). The number of aryl methyl sites for hydroxylation is 1. The average Bonchev–Trinajstić information content (AvgIpc) is 2.17. The van der Waals surface area contributed by atoms with Gasteiger partial charge in [-0.15, -0.1) is 0 Å². The normalized spacial score (nSPS) is 14.1. The molecule has 0 saturated heterocycles. The molecule has 0 heterocycles. The van der Waals surface area contributed by atoms with Gasteiger partial charge in [-0.25, -0.2) is 0 Å². The molecular weight excluding hydrogens is 190 g/mol. The maximum Gasteiger partial charge on any atom is 0.181 e. The molecule has 0 aliphatic rings. The highest BCUT2D eigenvalue weighted by molar-refractivity contribution is 5.38. The summed E-state index contributed by atoms with van der Waals surface area (Å²) in [5, 5.41) is 18.2. The van der Waals surface area contributed by atoms with Crippen molar-refractivity contribution in [1.82, 2.24) is 0 Å². The Morgan fingerprint density at radius 1 is 1.40 bits per heavy atom. The fourth-order valence-electron chi connectivity index (χ4n) is 1.31. The van der Waals surface area contributed by atoms with E-state index in [1.165, 1.54) is 0 Å². The Hall–Kier alpha value is -1.53. The molecule has 3 heteroatoms. The van der Waals surface area contributed by atoms with Crippen LogP contribution in [0.25, 0.3) is 0 Å². The molecule has 80 valence electrons. The lowest BCUT2D eigenvalue weighted by Crippen LogP contribution is -2.10. The first-order valence-corrected chi connectivity index (χ1v) is 4.89. The summed E-state index contributed by atoms with van der Waals surface area (Å²) in [4.78, 5) is 0. The van der Waals surface area contributed by atoms with Crippen LogP contribution in [-0.4, -0.2) is 11.2 Å². The molecule has 15 heavy (non-hydrogen) atoms. The quantitative estimate of drug-likeness (QED) is 0.824. The van der Waals surface area contributed by atoms with Gasteiger partial charge in [-0.1, -0.05) is 12.1 Å². The monoisotopic (exact) mass is 205 g/mol. The van der Waals surface area contributed by atoms with Gasteiger partial charge in [0.25, 0.3) is 0 Å². The van der Waals surface area contributed by atoms with Crippen LogP contribution in [0.2, 0.25) is 0 Å². The summed E-state index contributed by atoms with van der Waals surface area (Å²) in [6, 6.07) is 7.55. The van der Waals surface area contributed by atoms with Crippen LogP contribution in [0.5, 0.6) is 5.75 Å². The molecule has 0 aliphatic carbocycles. The maximum atomic E-state index is 9.52. The van der Waals surface area contributed by atoms with Crippen LogP contribution >= 0.6 is 0 Å². The Morgan fingerprint density at radius 2 is 2.07 bits per heavy atom. The van der Waals surface area contributed by atoms with Crippen LogP contribution in [0.3, 0.4) is 0 Å². The fraction of sp³-hybridized carbons (Fsp3) is 0.417. The largest absolute Gasteiger partial charge is 0.475 e. The Kier molecular flexibility index (Phi) is 3.70. The van der Waals surface area contributed by atoms with Crippen LogP contribution in [-0.2, 0) is 0 Å². The second-order valence-electron chi connectivity index (χ2n) is 3.61. The van der Waals surface area contributed by atoms with E-state index in [4.69, 9.17) is 10.00 Å². The van der Waals surface area contributed by atoms with Gasteiger partial charge in [-0.2, -0.15) is 5.26 Å². The fourth-order valence-corrected chi connectivity index (χ4v) is 1.31. The first kappa shape index (κ1) is 11.5. The third-order valence-corrected chi connectivity index (χ3v) is 2.10. The number of aliphatic hydroxyl groups is 1. The minimum atomic E-state index is -0.591. The standard InChI is InChI=1S/C12H15NO2/c1-8-4-5-11(10(3)14)12(6-8)15-9(2)7-13/h4-6,9-10,14H,1-3H3/t9?,10-/m0/s1. The topological polar surface area (TPSA) is 53.2 Å². The van der Waals surface area contributed by atoms with Crippen molar-refractivity contribution in [2.75, 3.05) is 0 Å². The van der Waals surface area contributed by atoms with Crippen LogP contribution in [0, 0.1) is 18.3 Å². The Labute approximate surface area is 89.9 Å². The van der Waals surface area contributed by atoms with Gasteiger partial charge >= 0.3 is 0 Å². The molecule has 0 aromatic heterocycles. The Bertz CT molecular complexity index is 380. The van der Waals surface area contributed by atoms with Gasteiger partial charge in [0.1, 0.15) is 11.8 Å². The SMILES string of the molecule is Cc1ccc([C@H](C)O)c(OC(C)C#N)c1. The van der Waals surface area contributed by atoms with Crippen molar-refractivity contribution < 1.29 is 9.84 Å². The van der Waals surface area contributed by atoms with Crippen LogP contribution in [0.4, 0.5) is 0 Å². The first-order valence-electron chi connectivity index (χ1n) is 4.89. The number of rotatable bonds is 3. The number of ether oxygens (including phenoxy) is 1. The van der Waals surface area contributed by atoms with Crippen molar-refractivity contribution in [2.24, 2.45) is 0 Å². The average molecular weight is 205 g/mol. The van der Waals surface area contributed by atoms with Gasteiger partial charge in [0.2, 0.25) is 0 Å². The zero-order chi connectivity index (χ0) is 11.4. The van der Waals surface area contributed by atoms with Gasteiger partial charge in [-0.05, 0) is 32.4 Å². The summed E-state index contributed by atoms with van der Waals surface area (Å²) in [7, 11) is 0. The van der Waals surface area contributed by atoms with E-state index in [0.717, 1.165) is 5.56 Å². The second kappa shape index (κ2) is 4.81. The molecule has 0 amide bonds. The van der Waals surface area contributed by atoms with Crippen molar-refractivity contribution in [1.29, 1.82) is 5.26 Å². The Balaban J connectivity index is 3.03. The van der Waals surface area contributed by atoms with Crippen LogP contribution in [0.15, 0.2) is 18.2 Å². The van der Waals surface area contributed by atoms with Gasteiger partial charge < -0.3 is 9.84 Å². The van der Waals surface area contributed by atoms with Crippen molar-refractivity contribution in [2.45, 2.75) is 33.0 Å². The molecule has 0 radical (unpaired) electrons. The molecule has 0 bridgehead atoms. The lowest BCUT2D eigenvalue weighted by atomic mass is 10.1. The minimum absolute atomic E-state index is 0.510. The van der Waals surface area contributed by atoms with Crippen molar-refractivity contribution in [3.8, 4) is 11.8 Å². The third-order valence-electron chi connectivity index (χ3n) is 2.10. The van der Waals surface area contributed by atoms with Gasteiger partial charge in [0.05, 0.1) is 6.10 Å². The molecule has 0 spiro atoms. The summed E-state index contributed by atoms with van der Waals surface area (Å²) in [5.74, 6) is 0.582. The van der Waals surface area contributed by atoms with Crippen molar-refractivity contribution in [3.05, 3.63) is 29.3 Å². The Morgan fingerprint density at radius 3 is 2.60 bits per heavy atom. The summed E-state index contributed by atoms with van der Waals surface area (Å²) in [6.07, 6.45) is -1.10. The summed E-state index contributed by atoms with van der Waals surface area (Å²) in [6.45, 7) is 5.29. The molecule has 0 fully saturated rings. The zero-order valence-corrected chi connectivity index (χ0v) is 9.19. The van der Waals surface area contributed by atoms with Gasteiger partial charge in [-0.3, -0.25) is 0 Å². The molecule has 2 atom stereocenters.